The first-order valence-electron chi connectivity index (χ1n) is 11.5. The summed E-state index contributed by atoms with van der Waals surface area (Å²) in [6.07, 6.45) is 4.73. The maximum atomic E-state index is 12.6. The first-order valence-corrected chi connectivity index (χ1v) is 11.5. The smallest absolute Gasteiger partial charge is 0.261 e. The monoisotopic (exact) mass is 453 g/mol. The van der Waals surface area contributed by atoms with Crippen LogP contribution < -0.4 is 15.6 Å². The van der Waals surface area contributed by atoms with E-state index < -0.39 is 0 Å². The predicted molar refractivity (Wildman–Crippen MR) is 125 cm³/mol. The van der Waals surface area contributed by atoms with Gasteiger partial charge in [-0.15, -0.1) is 0 Å². The van der Waals surface area contributed by atoms with Crippen molar-refractivity contribution in [2.75, 3.05) is 31.6 Å². The molecular weight excluding hydrogens is 422 g/mol. The van der Waals surface area contributed by atoms with Crippen LogP contribution >= 0.6 is 0 Å². The molecule has 3 heterocycles. The normalized spacial score (nSPS) is 17.5. The Bertz CT molecular complexity index is 1040. The second-order valence-corrected chi connectivity index (χ2v) is 8.56. The van der Waals surface area contributed by atoms with Crippen LogP contribution in [0.25, 0.3) is 0 Å². The molecule has 3 N–H and O–H groups in total. The Hall–Kier alpha value is -3.20. The molecule has 0 spiro atoms. The molecule has 176 valence electrons. The van der Waals surface area contributed by atoms with Crippen LogP contribution in [0.15, 0.2) is 29.1 Å². The number of rotatable bonds is 7. The number of ether oxygens (including phenoxy) is 2. The van der Waals surface area contributed by atoms with Gasteiger partial charge in [-0.1, -0.05) is 18.2 Å². The summed E-state index contributed by atoms with van der Waals surface area (Å²) in [7, 11) is 0. The predicted octanol–water partition coefficient (Wildman–Crippen LogP) is 2.34. The number of hydrogen-bond acceptors (Lipinski definition) is 7. The average Bonchev–Trinajstić information content (AvgIpc) is 2.81. The van der Waals surface area contributed by atoms with Gasteiger partial charge in [-0.25, -0.2) is 4.98 Å². The van der Waals surface area contributed by atoms with Gasteiger partial charge in [0.25, 0.3) is 5.56 Å². The molecule has 2 saturated heterocycles. The molecule has 0 aliphatic carbocycles. The maximum Gasteiger partial charge on any atom is 0.261 e. The highest BCUT2D eigenvalue weighted by atomic mass is 16.5. The number of nitrogens with zero attached hydrogens (tertiary/aromatic N) is 2. The highest BCUT2D eigenvalue weighted by Gasteiger charge is 2.23. The zero-order chi connectivity index (χ0) is 23.2. The lowest BCUT2D eigenvalue weighted by atomic mass is 10.1. The first kappa shape index (κ1) is 23.0. The van der Waals surface area contributed by atoms with E-state index in [2.05, 4.69) is 15.3 Å². The molecular formula is C24H31N5O4. The van der Waals surface area contributed by atoms with Crippen LogP contribution in [0.5, 0.6) is 5.75 Å². The quantitative estimate of drug-likeness (QED) is 0.554. The van der Waals surface area contributed by atoms with Gasteiger partial charge >= 0.3 is 0 Å². The van der Waals surface area contributed by atoms with E-state index in [0.29, 0.717) is 44.4 Å². The Morgan fingerprint density at radius 3 is 2.70 bits per heavy atom. The number of para-hydroxylation sites is 1. The number of likely N-dealkylation sites (tertiary alicyclic amines) is 1. The topological polar surface area (TPSA) is 120 Å². The van der Waals surface area contributed by atoms with E-state index in [9.17, 15) is 9.59 Å². The lowest BCUT2D eigenvalue weighted by Crippen LogP contribution is -2.40. The maximum absolute atomic E-state index is 12.6. The van der Waals surface area contributed by atoms with Crippen LogP contribution in [0.2, 0.25) is 0 Å². The van der Waals surface area contributed by atoms with Crippen LogP contribution in [-0.4, -0.2) is 65.4 Å². The molecule has 9 nitrogen and oxygen atoms in total. The number of carbonyl (C=O) groups is 1. The van der Waals surface area contributed by atoms with E-state index in [1.807, 2.05) is 29.2 Å². The molecule has 2 fully saturated rings. The van der Waals surface area contributed by atoms with Gasteiger partial charge < -0.3 is 30.1 Å². The lowest BCUT2D eigenvalue weighted by Gasteiger charge is -2.32. The Labute approximate surface area is 193 Å². The summed E-state index contributed by atoms with van der Waals surface area (Å²) in [6, 6.07) is 7.92. The molecule has 0 radical (unpaired) electrons. The minimum Gasteiger partial charge on any atom is -0.490 e. The summed E-state index contributed by atoms with van der Waals surface area (Å²) in [5.74, 6) is 1.81. The van der Waals surface area contributed by atoms with Crippen LogP contribution in [0.1, 0.15) is 49.6 Å². The fourth-order valence-electron chi connectivity index (χ4n) is 4.31. The molecule has 1 amide bonds. The van der Waals surface area contributed by atoms with E-state index in [1.54, 1.807) is 6.92 Å². The van der Waals surface area contributed by atoms with Crippen molar-refractivity contribution < 1.29 is 14.3 Å². The summed E-state index contributed by atoms with van der Waals surface area (Å²) >= 11 is 0. The Morgan fingerprint density at radius 1 is 1.27 bits per heavy atom. The third kappa shape index (κ3) is 5.78. The molecule has 0 unspecified atom stereocenters. The van der Waals surface area contributed by atoms with Crippen LogP contribution in [0.3, 0.4) is 0 Å². The third-order valence-corrected chi connectivity index (χ3v) is 6.22. The van der Waals surface area contributed by atoms with E-state index in [-0.39, 0.29) is 29.2 Å². The summed E-state index contributed by atoms with van der Waals surface area (Å²) in [4.78, 5) is 33.5. The van der Waals surface area contributed by atoms with E-state index in [1.165, 1.54) is 0 Å². The van der Waals surface area contributed by atoms with Gasteiger partial charge in [-0.3, -0.25) is 9.59 Å². The van der Waals surface area contributed by atoms with Gasteiger partial charge in [0.15, 0.2) is 0 Å². The van der Waals surface area contributed by atoms with Crippen molar-refractivity contribution in [2.45, 2.75) is 51.2 Å². The molecule has 4 rings (SSSR count). The molecule has 9 heteroatoms. The number of aromatic nitrogens is 2. The van der Waals surface area contributed by atoms with Crippen molar-refractivity contribution in [1.82, 2.24) is 14.9 Å². The number of anilines is 1. The molecule has 2 aliphatic rings. The summed E-state index contributed by atoms with van der Waals surface area (Å²) in [5.41, 5.74) is 0.820. The second kappa shape index (κ2) is 10.6. The van der Waals surface area contributed by atoms with Crippen molar-refractivity contribution in [3.05, 3.63) is 51.6 Å². The first-order chi connectivity index (χ1) is 16.0. The number of H-pyrrole nitrogens is 1. The Morgan fingerprint density at radius 2 is 2.00 bits per heavy atom. The van der Waals surface area contributed by atoms with Gasteiger partial charge in [0, 0.05) is 70.3 Å². The summed E-state index contributed by atoms with van der Waals surface area (Å²) in [6.45, 7) is 4.33. The minimum atomic E-state index is -0.334. The van der Waals surface area contributed by atoms with Gasteiger partial charge in [-0.2, -0.15) is 0 Å². The van der Waals surface area contributed by atoms with Crippen molar-refractivity contribution >= 4 is 17.9 Å². The highest BCUT2D eigenvalue weighted by molar-refractivity contribution is 5.83. The van der Waals surface area contributed by atoms with E-state index >= 15 is 0 Å². The molecule has 0 bridgehead atoms. The van der Waals surface area contributed by atoms with Crippen molar-refractivity contribution in [2.24, 2.45) is 0 Å². The molecule has 2 aromatic rings. The van der Waals surface area contributed by atoms with Crippen molar-refractivity contribution in [3.8, 4) is 5.75 Å². The zero-order valence-corrected chi connectivity index (χ0v) is 18.9. The van der Waals surface area contributed by atoms with Crippen molar-refractivity contribution in [3.63, 3.8) is 0 Å². The largest absolute Gasteiger partial charge is 0.490 e. The third-order valence-electron chi connectivity index (χ3n) is 6.22. The minimum absolute atomic E-state index is 0.0415. The number of aromatic amines is 1. The summed E-state index contributed by atoms with van der Waals surface area (Å²) < 4.78 is 11.7. The Kier molecular flexibility index (Phi) is 7.39. The Balaban J connectivity index is 1.50. The zero-order valence-electron chi connectivity index (χ0n) is 18.9. The van der Waals surface area contributed by atoms with Crippen LogP contribution in [0, 0.1) is 5.41 Å². The fraction of sp³-hybridized carbons (Fsp3) is 0.500. The number of hydrogen-bond donors (Lipinski definition) is 3. The van der Waals surface area contributed by atoms with Crippen molar-refractivity contribution in [1.29, 1.82) is 5.41 Å². The molecule has 1 aromatic heterocycles. The van der Waals surface area contributed by atoms with Gasteiger partial charge in [-0.05, 0) is 18.9 Å². The van der Waals surface area contributed by atoms with Gasteiger partial charge in [0.2, 0.25) is 5.91 Å². The van der Waals surface area contributed by atoms with Crippen LogP contribution in [0.4, 0.5) is 5.82 Å². The second-order valence-electron chi connectivity index (χ2n) is 8.56. The van der Waals surface area contributed by atoms with Gasteiger partial charge in [0.05, 0.1) is 5.56 Å². The SMILES string of the molecule is CC(=O)N1CCC(Oc2ccccc2Cc2nc(NC3CCOCC3)c(C=N)c(=O)[nH]2)CC1. The van der Waals surface area contributed by atoms with E-state index in [4.69, 9.17) is 14.9 Å². The molecule has 1 aromatic carbocycles. The number of benzene rings is 1. The average molecular weight is 454 g/mol. The molecule has 0 atom stereocenters. The molecule has 33 heavy (non-hydrogen) atoms. The lowest BCUT2D eigenvalue weighted by molar-refractivity contribution is -0.130. The molecule has 0 saturated carbocycles. The number of nitrogens with one attached hydrogen (secondary N) is 3. The number of piperidine rings is 1. The highest BCUT2D eigenvalue weighted by Crippen LogP contribution is 2.25. The number of amides is 1. The van der Waals surface area contributed by atoms with Gasteiger partial charge in [0.1, 0.15) is 23.5 Å². The van der Waals surface area contributed by atoms with E-state index in [0.717, 1.165) is 43.2 Å². The summed E-state index contributed by atoms with van der Waals surface area (Å²) in [5, 5.41) is 11.0. The van der Waals surface area contributed by atoms with Crippen LogP contribution in [-0.2, 0) is 16.0 Å². The fourth-order valence-corrected chi connectivity index (χ4v) is 4.31. The molecule has 2 aliphatic heterocycles. The standard InChI is InChI=1S/C24H31N5O4/c1-16(30)29-10-6-19(7-11-29)33-21-5-3-2-4-17(21)14-22-27-23(20(15-25)24(31)28-22)26-18-8-12-32-13-9-18/h2-5,15,18-19,25H,6-14H2,1H3,(H2,26,27,28,31). The number of carbonyl (C=O) groups excluding carboxylic acids is 1.